The van der Waals surface area contributed by atoms with Crippen LogP contribution < -0.4 is 15.0 Å². The fourth-order valence-electron chi connectivity index (χ4n) is 3.12. The van der Waals surface area contributed by atoms with Crippen LogP contribution in [0.5, 0.6) is 11.5 Å². The predicted octanol–water partition coefficient (Wildman–Crippen LogP) is 3.75. The van der Waals surface area contributed by atoms with Crippen molar-refractivity contribution in [2.45, 2.75) is 6.92 Å². The van der Waals surface area contributed by atoms with Crippen LogP contribution in [-0.4, -0.2) is 31.2 Å². The van der Waals surface area contributed by atoms with Gasteiger partial charge in [0.15, 0.2) is 0 Å². The molecule has 0 saturated carbocycles. The standard InChI is InChI=1S/C20H21N3O/c1-15-14-22-19-8-7-16(23-11-9-21-10-12-23)13-18(19)20(15)24-17-5-3-2-4-6-17/h2-8,13-14,21H,9-12H2,1H3. The highest BCUT2D eigenvalue weighted by Gasteiger charge is 2.14. The quantitative estimate of drug-likeness (QED) is 0.798. The molecule has 0 atom stereocenters. The number of rotatable bonds is 3. The number of piperazine rings is 1. The van der Waals surface area contributed by atoms with Crippen LogP contribution in [0, 0.1) is 6.92 Å². The van der Waals surface area contributed by atoms with Gasteiger partial charge in [0.25, 0.3) is 0 Å². The molecule has 0 bridgehead atoms. The van der Waals surface area contributed by atoms with E-state index in [9.17, 15) is 0 Å². The number of benzene rings is 2. The molecule has 1 aromatic heterocycles. The number of pyridine rings is 1. The fourth-order valence-corrected chi connectivity index (χ4v) is 3.12. The first kappa shape index (κ1) is 15.0. The number of fused-ring (bicyclic) bond motifs is 1. The van der Waals surface area contributed by atoms with Crippen molar-refractivity contribution in [2.24, 2.45) is 0 Å². The molecule has 3 aromatic rings. The third kappa shape index (κ3) is 2.93. The van der Waals surface area contributed by atoms with Crippen molar-refractivity contribution < 1.29 is 4.74 Å². The summed E-state index contributed by atoms with van der Waals surface area (Å²) in [5.41, 5.74) is 3.24. The van der Waals surface area contributed by atoms with Crippen LogP contribution in [-0.2, 0) is 0 Å². The molecule has 0 spiro atoms. The van der Waals surface area contributed by atoms with Crippen molar-refractivity contribution in [2.75, 3.05) is 31.1 Å². The number of nitrogens with one attached hydrogen (secondary N) is 1. The van der Waals surface area contributed by atoms with E-state index < -0.39 is 0 Å². The SMILES string of the molecule is Cc1cnc2ccc(N3CCNCC3)cc2c1Oc1ccccc1. The summed E-state index contributed by atoms with van der Waals surface area (Å²) in [4.78, 5) is 6.97. The highest BCUT2D eigenvalue weighted by molar-refractivity contribution is 5.89. The first-order chi connectivity index (χ1) is 11.8. The van der Waals surface area contributed by atoms with Crippen LogP contribution in [0.4, 0.5) is 5.69 Å². The lowest BCUT2D eigenvalue weighted by molar-refractivity contribution is 0.484. The van der Waals surface area contributed by atoms with Crippen LogP contribution in [0.15, 0.2) is 54.7 Å². The Morgan fingerprint density at radius 2 is 1.83 bits per heavy atom. The Labute approximate surface area is 142 Å². The third-order valence-corrected chi connectivity index (χ3v) is 4.43. The van der Waals surface area contributed by atoms with Gasteiger partial charge in [-0.3, -0.25) is 4.98 Å². The molecule has 4 nitrogen and oxygen atoms in total. The van der Waals surface area contributed by atoms with Gasteiger partial charge in [-0.1, -0.05) is 18.2 Å². The molecule has 0 radical (unpaired) electrons. The fraction of sp³-hybridized carbons (Fsp3) is 0.250. The highest BCUT2D eigenvalue weighted by Crippen LogP contribution is 2.34. The molecule has 1 saturated heterocycles. The van der Waals surface area contributed by atoms with Gasteiger partial charge in [0, 0.05) is 49.0 Å². The van der Waals surface area contributed by atoms with E-state index in [0.29, 0.717) is 0 Å². The molecule has 2 heterocycles. The van der Waals surface area contributed by atoms with Crippen LogP contribution in [0.3, 0.4) is 0 Å². The minimum atomic E-state index is 0.848. The Morgan fingerprint density at radius 3 is 2.62 bits per heavy atom. The molecule has 4 heteroatoms. The zero-order valence-electron chi connectivity index (χ0n) is 13.8. The molecule has 1 N–H and O–H groups in total. The Hall–Kier alpha value is -2.59. The Kier molecular flexibility index (Phi) is 4.05. The lowest BCUT2D eigenvalue weighted by atomic mass is 10.1. The summed E-state index contributed by atoms with van der Waals surface area (Å²) >= 11 is 0. The molecule has 0 unspecified atom stereocenters. The number of anilines is 1. The number of aryl methyl sites for hydroxylation is 1. The van der Waals surface area contributed by atoms with E-state index in [-0.39, 0.29) is 0 Å². The molecule has 0 amide bonds. The smallest absolute Gasteiger partial charge is 0.141 e. The van der Waals surface area contributed by atoms with Crippen molar-refractivity contribution in [1.29, 1.82) is 0 Å². The largest absolute Gasteiger partial charge is 0.456 e. The molecular formula is C20H21N3O. The van der Waals surface area contributed by atoms with Crippen LogP contribution in [0.1, 0.15) is 5.56 Å². The van der Waals surface area contributed by atoms with E-state index >= 15 is 0 Å². The first-order valence-corrected chi connectivity index (χ1v) is 8.39. The van der Waals surface area contributed by atoms with E-state index in [1.807, 2.05) is 43.5 Å². The van der Waals surface area contributed by atoms with Crippen molar-refractivity contribution in [3.63, 3.8) is 0 Å². The van der Waals surface area contributed by atoms with Crippen LogP contribution >= 0.6 is 0 Å². The van der Waals surface area contributed by atoms with Gasteiger partial charge < -0.3 is 15.0 Å². The molecule has 1 aliphatic rings. The van der Waals surface area contributed by atoms with E-state index in [4.69, 9.17) is 4.74 Å². The van der Waals surface area contributed by atoms with Crippen molar-refractivity contribution in [3.05, 3.63) is 60.3 Å². The number of ether oxygens (including phenoxy) is 1. The molecule has 1 aliphatic heterocycles. The summed E-state index contributed by atoms with van der Waals surface area (Å²) in [5.74, 6) is 1.74. The monoisotopic (exact) mass is 319 g/mol. The van der Waals surface area contributed by atoms with Gasteiger partial charge in [0.2, 0.25) is 0 Å². The normalized spacial score (nSPS) is 14.8. The van der Waals surface area contributed by atoms with E-state index in [1.54, 1.807) is 0 Å². The van der Waals surface area contributed by atoms with Gasteiger partial charge in [-0.25, -0.2) is 0 Å². The molecule has 122 valence electrons. The molecule has 24 heavy (non-hydrogen) atoms. The van der Waals surface area contributed by atoms with Crippen molar-refractivity contribution >= 4 is 16.6 Å². The first-order valence-electron chi connectivity index (χ1n) is 8.39. The Bertz CT molecular complexity index is 842. The second-order valence-electron chi connectivity index (χ2n) is 6.12. The minimum absolute atomic E-state index is 0.848. The number of nitrogens with zero attached hydrogens (tertiary/aromatic N) is 2. The van der Waals surface area contributed by atoms with Gasteiger partial charge in [0.05, 0.1) is 5.52 Å². The van der Waals surface area contributed by atoms with Gasteiger partial charge in [-0.2, -0.15) is 0 Å². The van der Waals surface area contributed by atoms with Gasteiger partial charge in [-0.15, -0.1) is 0 Å². The molecule has 4 rings (SSSR count). The number of para-hydroxylation sites is 1. The lowest BCUT2D eigenvalue weighted by Gasteiger charge is -2.29. The van der Waals surface area contributed by atoms with Crippen LogP contribution in [0.25, 0.3) is 10.9 Å². The third-order valence-electron chi connectivity index (χ3n) is 4.43. The average Bonchev–Trinajstić information content (AvgIpc) is 2.65. The van der Waals surface area contributed by atoms with E-state index in [0.717, 1.165) is 54.1 Å². The maximum absolute atomic E-state index is 6.19. The summed E-state index contributed by atoms with van der Waals surface area (Å²) in [6.45, 7) is 6.15. The van der Waals surface area contributed by atoms with Crippen molar-refractivity contribution in [1.82, 2.24) is 10.3 Å². The number of hydrogen-bond acceptors (Lipinski definition) is 4. The summed E-state index contributed by atoms with van der Waals surface area (Å²) < 4.78 is 6.19. The molecule has 0 aliphatic carbocycles. The average molecular weight is 319 g/mol. The maximum atomic E-state index is 6.19. The van der Waals surface area contributed by atoms with Crippen LogP contribution in [0.2, 0.25) is 0 Å². The summed E-state index contributed by atoms with van der Waals surface area (Å²) in [5, 5.41) is 4.46. The number of hydrogen-bond donors (Lipinski definition) is 1. The zero-order valence-corrected chi connectivity index (χ0v) is 13.8. The second kappa shape index (κ2) is 6.49. The lowest BCUT2D eigenvalue weighted by Crippen LogP contribution is -2.43. The zero-order chi connectivity index (χ0) is 16.4. The highest BCUT2D eigenvalue weighted by atomic mass is 16.5. The van der Waals surface area contributed by atoms with Crippen molar-refractivity contribution in [3.8, 4) is 11.5 Å². The van der Waals surface area contributed by atoms with Gasteiger partial charge in [-0.05, 0) is 37.3 Å². The van der Waals surface area contributed by atoms with E-state index in [2.05, 4.69) is 33.4 Å². The second-order valence-corrected chi connectivity index (χ2v) is 6.12. The van der Waals surface area contributed by atoms with Gasteiger partial charge in [0.1, 0.15) is 11.5 Å². The predicted molar refractivity (Wildman–Crippen MR) is 98.1 cm³/mol. The summed E-state index contributed by atoms with van der Waals surface area (Å²) in [6.07, 6.45) is 1.88. The summed E-state index contributed by atoms with van der Waals surface area (Å²) in [7, 11) is 0. The maximum Gasteiger partial charge on any atom is 0.141 e. The molecule has 1 fully saturated rings. The topological polar surface area (TPSA) is 37.4 Å². The summed E-state index contributed by atoms with van der Waals surface area (Å²) in [6, 6.07) is 16.4. The Balaban J connectivity index is 1.77. The molecular weight excluding hydrogens is 298 g/mol. The van der Waals surface area contributed by atoms with Gasteiger partial charge >= 0.3 is 0 Å². The Morgan fingerprint density at radius 1 is 1.04 bits per heavy atom. The molecule has 2 aromatic carbocycles. The number of aromatic nitrogens is 1. The minimum Gasteiger partial charge on any atom is -0.456 e. The van der Waals surface area contributed by atoms with E-state index in [1.165, 1.54) is 5.69 Å².